The monoisotopic (exact) mass is 746 g/mol. The minimum Gasteiger partial charge on any atom is -0.384 e. The standard InChI is InChI=1S/C36H46N10O6S/c37-34(38)27-7-1-26(2-8-27)23-40-35(49)30-21-24-3-9-28(10-4-24)41-32(47)13-15-45-17-19-46(20-18-45)16-14-33(48)42-29-11-5-25(6-12-29)22-31(36(50)43-30)44-53(39,51)52/h1-12,30-31,44H,13-23H2,(H3,37,38)(H,40,49)(H,41,47)(H,42,48)(H,43,50)(H2,39,51,52)/t30-,31+/m0/s1. The summed E-state index contributed by atoms with van der Waals surface area (Å²) in [5, 5.41) is 24.2. The zero-order valence-corrected chi connectivity index (χ0v) is 30.1. The van der Waals surface area contributed by atoms with E-state index in [1.807, 2.05) is 0 Å². The van der Waals surface area contributed by atoms with E-state index < -0.39 is 34.1 Å². The van der Waals surface area contributed by atoms with Gasteiger partial charge in [-0.15, -0.1) is 0 Å². The smallest absolute Gasteiger partial charge is 0.275 e. The molecule has 0 aromatic heterocycles. The number of piperazine rings is 1. The lowest BCUT2D eigenvalue weighted by molar-refractivity contribution is -0.129. The second-order valence-electron chi connectivity index (χ2n) is 13.2. The molecule has 0 radical (unpaired) electrons. The summed E-state index contributed by atoms with van der Waals surface area (Å²) in [4.78, 5) is 57.3. The van der Waals surface area contributed by atoms with Crippen LogP contribution in [0.4, 0.5) is 11.4 Å². The topological polar surface area (TPSA) is 245 Å². The highest BCUT2D eigenvalue weighted by Crippen LogP contribution is 2.16. The summed E-state index contributed by atoms with van der Waals surface area (Å²) in [5.41, 5.74) is 9.16. The fraction of sp³-hybridized carbons (Fsp3) is 0.361. The van der Waals surface area contributed by atoms with Crippen molar-refractivity contribution in [3.05, 3.63) is 95.1 Å². The van der Waals surface area contributed by atoms with Gasteiger partial charge in [0.05, 0.1) is 0 Å². The van der Waals surface area contributed by atoms with E-state index in [1.165, 1.54) is 0 Å². The largest absolute Gasteiger partial charge is 0.384 e. The van der Waals surface area contributed by atoms with Gasteiger partial charge in [0.2, 0.25) is 23.6 Å². The van der Waals surface area contributed by atoms with Crippen LogP contribution in [0.5, 0.6) is 0 Å². The van der Waals surface area contributed by atoms with Crippen molar-refractivity contribution in [3.8, 4) is 0 Å². The first-order valence-electron chi connectivity index (χ1n) is 17.3. The van der Waals surface area contributed by atoms with E-state index in [1.54, 1.807) is 72.8 Å². The number of nitrogens with one attached hydrogen (secondary N) is 6. The van der Waals surface area contributed by atoms with Crippen molar-refractivity contribution in [2.45, 2.75) is 44.3 Å². The van der Waals surface area contributed by atoms with Crippen LogP contribution >= 0.6 is 0 Å². The molecular weight excluding hydrogens is 701 g/mol. The minimum atomic E-state index is -4.35. The van der Waals surface area contributed by atoms with Crippen molar-refractivity contribution < 1.29 is 27.6 Å². The highest BCUT2D eigenvalue weighted by Gasteiger charge is 2.28. The lowest BCUT2D eigenvalue weighted by Crippen LogP contribution is -2.55. The molecule has 2 atom stereocenters. The number of amidine groups is 1. The van der Waals surface area contributed by atoms with Gasteiger partial charge in [0, 0.05) is 82.0 Å². The maximum absolute atomic E-state index is 13.7. The van der Waals surface area contributed by atoms with Gasteiger partial charge < -0.3 is 36.8 Å². The molecule has 6 bridgehead atoms. The third-order valence-electron chi connectivity index (χ3n) is 9.12. The normalized spacial score (nSPS) is 22.0. The number of carbonyl (C=O) groups excluding carboxylic acids is 4. The highest BCUT2D eigenvalue weighted by atomic mass is 32.2. The van der Waals surface area contributed by atoms with Crippen LogP contribution < -0.4 is 36.9 Å². The number of nitrogen functional groups attached to an aromatic ring is 1. The van der Waals surface area contributed by atoms with Gasteiger partial charge in [-0.3, -0.25) is 24.6 Å². The molecule has 5 aliphatic rings. The van der Waals surface area contributed by atoms with E-state index in [0.717, 1.165) is 31.7 Å². The molecule has 5 aliphatic heterocycles. The molecule has 1 saturated heterocycles. The van der Waals surface area contributed by atoms with Crippen LogP contribution in [0.25, 0.3) is 0 Å². The van der Waals surface area contributed by atoms with E-state index in [4.69, 9.17) is 16.3 Å². The van der Waals surface area contributed by atoms with E-state index in [9.17, 15) is 27.6 Å². The summed E-state index contributed by atoms with van der Waals surface area (Å²) in [6.07, 6.45) is 0.540. The van der Waals surface area contributed by atoms with Crippen LogP contribution in [0.3, 0.4) is 0 Å². The Balaban J connectivity index is 1.37. The molecule has 3 aromatic rings. The van der Waals surface area contributed by atoms with Gasteiger partial charge in [0.1, 0.15) is 17.9 Å². The van der Waals surface area contributed by atoms with E-state index in [2.05, 4.69) is 35.8 Å². The molecule has 5 heterocycles. The van der Waals surface area contributed by atoms with Gasteiger partial charge in [-0.2, -0.15) is 13.1 Å². The summed E-state index contributed by atoms with van der Waals surface area (Å²) >= 11 is 0. The Morgan fingerprint density at radius 1 is 0.755 bits per heavy atom. The van der Waals surface area contributed by atoms with Gasteiger partial charge >= 0.3 is 0 Å². The molecule has 17 heteroatoms. The Morgan fingerprint density at radius 2 is 1.25 bits per heavy atom. The Morgan fingerprint density at radius 3 is 1.72 bits per heavy atom. The molecule has 0 spiro atoms. The molecule has 282 valence electrons. The Kier molecular flexibility index (Phi) is 13.3. The van der Waals surface area contributed by atoms with Crippen molar-refractivity contribution in [1.29, 1.82) is 5.41 Å². The summed E-state index contributed by atoms with van der Waals surface area (Å²) in [6.45, 7) is 4.48. The van der Waals surface area contributed by atoms with Crippen LogP contribution in [-0.4, -0.2) is 99.0 Å². The zero-order valence-electron chi connectivity index (χ0n) is 29.3. The number of amides is 4. The van der Waals surface area contributed by atoms with Gasteiger partial charge in [0.25, 0.3) is 10.2 Å². The predicted octanol–water partition coefficient (Wildman–Crippen LogP) is 0.00717. The average molecular weight is 747 g/mol. The van der Waals surface area contributed by atoms with Crippen LogP contribution in [0.15, 0.2) is 72.8 Å². The summed E-state index contributed by atoms with van der Waals surface area (Å²) in [7, 11) is -4.35. The number of benzene rings is 3. The van der Waals surface area contributed by atoms with Crippen molar-refractivity contribution in [2.75, 3.05) is 49.9 Å². The molecule has 16 nitrogen and oxygen atoms in total. The predicted molar refractivity (Wildman–Crippen MR) is 201 cm³/mol. The zero-order chi connectivity index (χ0) is 38.0. The number of nitrogens with zero attached hydrogens (tertiary/aromatic N) is 2. The SMILES string of the molecule is N=C(N)c1ccc(CNC(=O)[C@@H]2Cc3ccc(cc3)NC(=O)CCN3CCN(CCC(=O)Nc4ccc(cc4)C[C@@H](NS(N)(=O)=O)C(=O)N2)CC3)cc1. The van der Waals surface area contributed by atoms with Gasteiger partial charge in [-0.05, 0) is 47.4 Å². The lowest BCUT2D eigenvalue weighted by atomic mass is 10.0. The van der Waals surface area contributed by atoms with Crippen molar-refractivity contribution in [2.24, 2.45) is 10.9 Å². The molecule has 1 fully saturated rings. The molecule has 8 rings (SSSR count). The summed E-state index contributed by atoms with van der Waals surface area (Å²) in [5.74, 6) is -1.70. The molecule has 4 amide bonds. The first-order chi connectivity index (χ1) is 25.3. The second kappa shape index (κ2) is 18.0. The number of hydrogen-bond donors (Lipinski definition) is 8. The van der Waals surface area contributed by atoms with Crippen LogP contribution in [0, 0.1) is 5.41 Å². The Labute approximate surface area is 308 Å². The highest BCUT2D eigenvalue weighted by molar-refractivity contribution is 7.87. The molecule has 0 saturated carbocycles. The molecule has 3 aromatic carbocycles. The quantitative estimate of drug-likeness (QED) is 0.125. The fourth-order valence-electron chi connectivity index (χ4n) is 6.10. The van der Waals surface area contributed by atoms with E-state index in [0.29, 0.717) is 54.0 Å². The van der Waals surface area contributed by atoms with Crippen molar-refractivity contribution in [1.82, 2.24) is 25.2 Å². The van der Waals surface area contributed by atoms with Crippen molar-refractivity contribution in [3.63, 3.8) is 0 Å². The van der Waals surface area contributed by atoms with Crippen LogP contribution in [-0.2, 0) is 48.8 Å². The van der Waals surface area contributed by atoms with Crippen LogP contribution in [0.2, 0.25) is 0 Å². The first kappa shape index (κ1) is 39.0. The maximum Gasteiger partial charge on any atom is 0.275 e. The third kappa shape index (κ3) is 12.5. The van der Waals surface area contributed by atoms with E-state index in [-0.39, 0.29) is 37.0 Å². The second-order valence-corrected chi connectivity index (χ2v) is 14.5. The average Bonchev–Trinajstić information content (AvgIpc) is 3.12. The molecule has 0 unspecified atom stereocenters. The van der Waals surface area contributed by atoms with Crippen molar-refractivity contribution >= 4 is 51.0 Å². The van der Waals surface area contributed by atoms with Gasteiger partial charge in [0.15, 0.2) is 0 Å². The summed E-state index contributed by atoms with van der Waals surface area (Å²) < 4.78 is 26.5. The number of hydrogen-bond acceptors (Lipinski definition) is 9. The van der Waals surface area contributed by atoms with Gasteiger partial charge in [-0.25, -0.2) is 5.14 Å². The fourth-order valence-corrected chi connectivity index (χ4v) is 6.69. The molecule has 10 N–H and O–H groups in total. The number of nitrogens with two attached hydrogens (primary N) is 2. The first-order valence-corrected chi connectivity index (χ1v) is 18.9. The number of carbonyl (C=O) groups is 4. The Hall–Kier alpha value is -5.20. The number of fused-ring (bicyclic) bond motifs is 3. The molecule has 53 heavy (non-hydrogen) atoms. The molecular formula is C36H46N10O6S. The number of anilines is 2. The minimum absolute atomic E-state index is 0.0392. The maximum atomic E-state index is 13.7. The molecule has 0 aliphatic carbocycles. The Bertz CT molecular complexity index is 1880. The van der Waals surface area contributed by atoms with E-state index >= 15 is 0 Å². The van der Waals surface area contributed by atoms with Gasteiger partial charge in [-0.1, -0.05) is 48.5 Å². The summed E-state index contributed by atoms with van der Waals surface area (Å²) in [6, 6.07) is 17.8. The third-order valence-corrected chi connectivity index (χ3v) is 9.73. The van der Waals surface area contributed by atoms with Crippen LogP contribution in [0.1, 0.15) is 35.1 Å². The number of rotatable bonds is 6. The lowest BCUT2D eigenvalue weighted by Gasteiger charge is -2.34.